The Kier molecular flexibility index (Phi) is 3.60. The molecular weight excluding hydrogens is 228 g/mol. The van der Waals surface area contributed by atoms with Crippen molar-refractivity contribution in [2.75, 3.05) is 6.26 Å². The maximum atomic E-state index is 6.21. The van der Waals surface area contributed by atoms with E-state index in [-0.39, 0.29) is 6.04 Å². The van der Waals surface area contributed by atoms with Crippen LogP contribution in [0.3, 0.4) is 0 Å². The van der Waals surface area contributed by atoms with E-state index >= 15 is 0 Å². The molecule has 0 saturated carbocycles. The number of rotatable bonds is 3. The Balaban J connectivity index is 2.35. The Bertz CT molecular complexity index is 407. The van der Waals surface area contributed by atoms with Crippen molar-refractivity contribution >= 4 is 11.8 Å². The minimum Gasteiger partial charge on any atom is -0.347 e. The molecule has 1 heterocycles. The largest absolute Gasteiger partial charge is 0.347 e. The summed E-state index contributed by atoms with van der Waals surface area (Å²) in [5.74, 6) is 0. The fourth-order valence-corrected chi connectivity index (χ4v) is 2.92. The summed E-state index contributed by atoms with van der Waals surface area (Å²) >= 11 is 1.93. The van der Waals surface area contributed by atoms with Crippen molar-refractivity contribution in [2.24, 2.45) is 5.73 Å². The second-order valence-corrected chi connectivity index (χ2v) is 7.25. The molecule has 0 aromatic carbocycles. The number of nitrogens with zero attached hydrogens (tertiary/aromatic N) is 1. The van der Waals surface area contributed by atoms with Gasteiger partial charge in [0.25, 0.3) is 0 Å². The molecule has 1 atom stereocenters. The van der Waals surface area contributed by atoms with Gasteiger partial charge >= 0.3 is 0 Å². The molecule has 1 aromatic heterocycles. The molecular formula is C14H24N2S. The molecule has 1 unspecified atom stereocenters. The lowest BCUT2D eigenvalue weighted by molar-refractivity contribution is 0.504. The molecule has 2 rings (SSSR count). The first-order valence-corrected chi connectivity index (χ1v) is 7.67. The van der Waals surface area contributed by atoms with Gasteiger partial charge in [0.1, 0.15) is 0 Å². The van der Waals surface area contributed by atoms with Crippen LogP contribution >= 0.6 is 11.8 Å². The Morgan fingerprint density at radius 2 is 2.24 bits per heavy atom. The zero-order valence-corrected chi connectivity index (χ0v) is 12.2. The van der Waals surface area contributed by atoms with E-state index in [1.54, 1.807) is 0 Å². The lowest BCUT2D eigenvalue weighted by Crippen LogP contribution is -2.26. The van der Waals surface area contributed by atoms with E-state index < -0.39 is 0 Å². The van der Waals surface area contributed by atoms with E-state index in [1.807, 2.05) is 11.8 Å². The number of hydrogen-bond acceptors (Lipinski definition) is 2. The molecule has 96 valence electrons. The van der Waals surface area contributed by atoms with Crippen molar-refractivity contribution in [3.8, 4) is 0 Å². The van der Waals surface area contributed by atoms with Crippen molar-refractivity contribution in [3.05, 3.63) is 23.0 Å². The molecule has 1 aliphatic carbocycles. The van der Waals surface area contributed by atoms with Crippen LogP contribution in [-0.2, 0) is 13.0 Å². The molecule has 1 aliphatic rings. The Morgan fingerprint density at radius 1 is 1.53 bits per heavy atom. The van der Waals surface area contributed by atoms with Gasteiger partial charge in [0, 0.05) is 28.7 Å². The molecule has 0 amide bonds. The summed E-state index contributed by atoms with van der Waals surface area (Å²) in [6, 6.07) is 2.56. The molecule has 0 aliphatic heterocycles. The molecule has 0 bridgehead atoms. The third kappa shape index (κ3) is 2.55. The van der Waals surface area contributed by atoms with Gasteiger partial charge in [0.2, 0.25) is 0 Å². The van der Waals surface area contributed by atoms with Crippen LogP contribution < -0.4 is 5.73 Å². The predicted octanol–water partition coefficient (Wildman–Crippen LogP) is 3.27. The molecule has 1 aromatic rings. The van der Waals surface area contributed by atoms with Gasteiger partial charge < -0.3 is 10.3 Å². The maximum Gasteiger partial charge on any atom is 0.0366 e. The van der Waals surface area contributed by atoms with Crippen molar-refractivity contribution < 1.29 is 0 Å². The molecule has 2 N–H and O–H groups in total. The quantitative estimate of drug-likeness (QED) is 0.895. The van der Waals surface area contributed by atoms with Crippen LogP contribution in [0.25, 0.3) is 0 Å². The van der Waals surface area contributed by atoms with Gasteiger partial charge in [-0.2, -0.15) is 11.8 Å². The van der Waals surface area contributed by atoms with Gasteiger partial charge in [-0.05, 0) is 57.9 Å². The van der Waals surface area contributed by atoms with Gasteiger partial charge in [0.05, 0.1) is 0 Å². The summed E-state index contributed by atoms with van der Waals surface area (Å²) in [4.78, 5) is 0. The number of aryl methyl sites for hydroxylation is 1. The maximum absolute atomic E-state index is 6.21. The van der Waals surface area contributed by atoms with Crippen LogP contribution in [0.4, 0.5) is 0 Å². The molecule has 0 radical (unpaired) electrons. The summed E-state index contributed by atoms with van der Waals surface area (Å²) < 4.78 is 2.78. The fraction of sp³-hybridized carbons (Fsp3) is 0.714. The minimum atomic E-state index is 0.260. The fourth-order valence-electron chi connectivity index (χ4n) is 2.67. The van der Waals surface area contributed by atoms with E-state index in [2.05, 4.69) is 37.7 Å². The number of fused-ring (bicyclic) bond motifs is 1. The SMILES string of the molecule is CSC(C)(C)Cn1c(C)cc2c1CCCC2N. The first-order chi connectivity index (χ1) is 7.94. The van der Waals surface area contributed by atoms with Crippen LogP contribution in [-0.4, -0.2) is 15.6 Å². The van der Waals surface area contributed by atoms with E-state index in [4.69, 9.17) is 5.73 Å². The van der Waals surface area contributed by atoms with Crippen molar-refractivity contribution in [1.29, 1.82) is 0 Å². The molecule has 2 nitrogen and oxygen atoms in total. The predicted molar refractivity (Wildman–Crippen MR) is 76.6 cm³/mol. The normalized spacial score (nSPS) is 20.4. The average Bonchev–Trinajstić information content (AvgIpc) is 2.58. The standard InChI is InChI=1S/C14H24N2S/c1-10-8-11-12(15)6-5-7-13(11)16(10)9-14(2,3)17-4/h8,12H,5-7,9,15H2,1-4H3. The summed E-state index contributed by atoms with van der Waals surface area (Å²) in [5.41, 5.74) is 10.5. The van der Waals surface area contributed by atoms with Crippen molar-refractivity contribution in [3.63, 3.8) is 0 Å². The van der Waals surface area contributed by atoms with Crippen LogP contribution in [0.1, 0.15) is 49.7 Å². The second-order valence-electron chi connectivity index (χ2n) is 5.74. The molecule has 0 fully saturated rings. The van der Waals surface area contributed by atoms with Gasteiger partial charge in [-0.3, -0.25) is 0 Å². The van der Waals surface area contributed by atoms with Crippen LogP contribution in [0.2, 0.25) is 0 Å². The molecule has 17 heavy (non-hydrogen) atoms. The highest BCUT2D eigenvalue weighted by Gasteiger charge is 2.25. The number of thioether (sulfide) groups is 1. The number of aromatic nitrogens is 1. The summed E-state index contributed by atoms with van der Waals surface area (Å²) in [6.45, 7) is 7.92. The summed E-state index contributed by atoms with van der Waals surface area (Å²) in [5, 5.41) is 0. The Morgan fingerprint density at radius 3 is 2.88 bits per heavy atom. The first-order valence-electron chi connectivity index (χ1n) is 6.44. The van der Waals surface area contributed by atoms with Crippen molar-refractivity contribution in [1.82, 2.24) is 4.57 Å². The monoisotopic (exact) mass is 252 g/mol. The summed E-state index contributed by atoms with van der Waals surface area (Å²) in [7, 11) is 0. The first kappa shape index (κ1) is 13.0. The summed E-state index contributed by atoms with van der Waals surface area (Å²) in [6.07, 6.45) is 5.76. The van der Waals surface area contributed by atoms with Gasteiger partial charge in [-0.1, -0.05) is 0 Å². The third-order valence-electron chi connectivity index (χ3n) is 3.87. The number of hydrogen-bond donors (Lipinski definition) is 1. The van der Waals surface area contributed by atoms with Crippen LogP contribution in [0.5, 0.6) is 0 Å². The minimum absolute atomic E-state index is 0.260. The van der Waals surface area contributed by atoms with Crippen molar-refractivity contribution in [2.45, 2.75) is 57.4 Å². The van der Waals surface area contributed by atoms with E-state index in [0.717, 1.165) is 13.0 Å². The lowest BCUT2D eigenvalue weighted by atomic mass is 9.93. The average molecular weight is 252 g/mol. The Labute approximate surface area is 109 Å². The van der Waals surface area contributed by atoms with E-state index in [1.165, 1.54) is 29.8 Å². The highest BCUT2D eigenvalue weighted by Crippen LogP contribution is 2.33. The van der Waals surface area contributed by atoms with Gasteiger partial charge in [-0.25, -0.2) is 0 Å². The Hall–Kier alpha value is -0.410. The number of nitrogens with two attached hydrogens (primary N) is 1. The highest BCUT2D eigenvalue weighted by atomic mass is 32.2. The highest BCUT2D eigenvalue weighted by molar-refractivity contribution is 7.99. The van der Waals surface area contributed by atoms with E-state index in [0.29, 0.717) is 4.75 Å². The third-order valence-corrected chi connectivity index (χ3v) is 5.10. The zero-order chi connectivity index (χ0) is 12.6. The van der Waals surface area contributed by atoms with Gasteiger partial charge in [-0.15, -0.1) is 0 Å². The molecule has 0 saturated heterocycles. The second kappa shape index (κ2) is 4.69. The van der Waals surface area contributed by atoms with Crippen LogP contribution in [0, 0.1) is 6.92 Å². The van der Waals surface area contributed by atoms with Gasteiger partial charge in [0.15, 0.2) is 0 Å². The van der Waals surface area contributed by atoms with E-state index in [9.17, 15) is 0 Å². The zero-order valence-electron chi connectivity index (χ0n) is 11.4. The molecule has 0 spiro atoms. The van der Waals surface area contributed by atoms with Crippen LogP contribution in [0.15, 0.2) is 6.07 Å². The lowest BCUT2D eigenvalue weighted by Gasteiger charge is -2.27. The smallest absolute Gasteiger partial charge is 0.0366 e. The molecule has 3 heteroatoms. The topological polar surface area (TPSA) is 30.9 Å².